The highest BCUT2D eigenvalue weighted by Gasteiger charge is 2.37. The molecule has 0 aliphatic carbocycles. The van der Waals surface area contributed by atoms with Crippen molar-refractivity contribution in [1.82, 2.24) is 14.7 Å². The van der Waals surface area contributed by atoms with Gasteiger partial charge >= 0.3 is 0 Å². The molecule has 1 aliphatic rings. The fourth-order valence-electron chi connectivity index (χ4n) is 2.69. The van der Waals surface area contributed by atoms with E-state index in [0.717, 1.165) is 17.7 Å². The van der Waals surface area contributed by atoms with Crippen molar-refractivity contribution in [3.05, 3.63) is 46.8 Å². The third kappa shape index (κ3) is 1.99. The van der Waals surface area contributed by atoms with E-state index >= 15 is 0 Å². The number of benzene rings is 1. The summed E-state index contributed by atoms with van der Waals surface area (Å²) in [5, 5.41) is 4.33. The van der Waals surface area contributed by atoms with Gasteiger partial charge in [-0.3, -0.25) is 19.2 Å². The Morgan fingerprint density at radius 3 is 2.67 bits per heavy atom. The van der Waals surface area contributed by atoms with Crippen LogP contribution in [-0.4, -0.2) is 26.5 Å². The molecule has 6 heteroatoms. The van der Waals surface area contributed by atoms with Crippen molar-refractivity contribution in [2.75, 3.05) is 5.73 Å². The van der Waals surface area contributed by atoms with Gasteiger partial charge in [0, 0.05) is 24.5 Å². The van der Waals surface area contributed by atoms with Crippen molar-refractivity contribution in [2.45, 2.75) is 19.9 Å². The summed E-state index contributed by atoms with van der Waals surface area (Å²) < 4.78 is 1.70. The van der Waals surface area contributed by atoms with Crippen molar-refractivity contribution in [1.29, 1.82) is 0 Å². The van der Waals surface area contributed by atoms with E-state index in [4.69, 9.17) is 5.73 Å². The molecule has 2 amide bonds. The fraction of sp³-hybridized carbons (Fsp3) is 0.267. The van der Waals surface area contributed by atoms with Crippen LogP contribution < -0.4 is 5.73 Å². The van der Waals surface area contributed by atoms with Crippen molar-refractivity contribution in [2.24, 2.45) is 7.05 Å². The average molecular weight is 284 g/mol. The monoisotopic (exact) mass is 284 g/mol. The van der Waals surface area contributed by atoms with Crippen LogP contribution >= 0.6 is 0 Å². The van der Waals surface area contributed by atoms with E-state index in [0.29, 0.717) is 16.8 Å². The third-order valence-corrected chi connectivity index (χ3v) is 3.69. The second-order valence-corrected chi connectivity index (χ2v) is 5.09. The fourth-order valence-corrected chi connectivity index (χ4v) is 2.69. The van der Waals surface area contributed by atoms with Crippen LogP contribution in [0.15, 0.2) is 24.4 Å². The van der Waals surface area contributed by atoms with Crippen LogP contribution in [-0.2, 0) is 20.0 Å². The minimum Gasteiger partial charge on any atom is -0.398 e. The van der Waals surface area contributed by atoms with Gasteiger partial charge in [0.05, 0.1) is 23.4 Å². The van der Waals surface area contributed by atoms with Gasteiger partial charge in [0.15, 0.2) is 0 Å². The van der Waals surface area contributed by atoms with Crippen LogP contribution in [0.25, 0.3) is 0 Å². The Kier molecular flexibility index (Phi) is 3.01. The van der Waals surface area contributed by atoms with Crippen molar-refractivity contribution in [3.8, 4) is 0 Å². The normalized spacial score (nSPS) is 13.9. The minimum absolute atomic E-state index is 0.225. The molecule has 0 atom stereocenters. The van der Waals surface area contributed by atoms with Crippen LogP contribution in [0.1, 0.15) is 38.9 Å². The predicted molar refractivity (Wildman–Crippen MR) is 77.6 cm³/mol. The molecule has 0 radical (unpaired) electrons. The third-order valence-electron chi connectivity index (χ3n) is 3.69. The molecule has 0 spiro atoms. The summed E-state index contributed by atoms with van der Waals surface area (Å²) in [5.41, 5.74) is 8.63. The van der Waals surface area contributed by atoms with Crippen molar-refractivity contribution < 1.29 is 9.59 Å². The predicted octanol–water partition coefficient (Wildman–Crippen LogP) is 1.36. The number of nitrogens with zero attached hydrogens (tertiary/aromatic N) is 3. The Morgan fingerprint density at radius 1 is 1.24 bits per heavy atom. The minimum atomic E-state index is -0.334. The molecule has 1 aliphatic heterocycles. The highest BCUT2D eigenvalue weighted by Crippen LogP contribution is 2.29. The first-order valence-corrected chi connectivity index (χ1v) is 6.79. The number of fused-ring (bicyclic) bond motifs is 1. The average Bonchev–Trinajstić information content (AvgIpc) is 2.93. The molecule has 6 nitrogen and oxygen atoms in total. The molecule has 2 heterocycles. The molecule has 0 saturated carbocycles. The first kappa shape index (κ1) is 13.4. The summed E-state index contributed by atoms with van der Waals surface area (Å²) in [5.74, 6) is -0.632. The molecule has 3 rings (SSSR count). The summed E-state index contributed by atoms with van der Waals surface area (Å²) in [4.78, 5) is 26.1. The number of hydrogen-bond acceptors (Lipinski definition) is 4. The number of anilines is 1. The van der Waals surface area contributed by atoms with Gasteiger partial charge in [0.2, 0.25) is 0 Å². The van der Waals surface area contributed by atoms with Crippen LogP contribution in [0.5, 0.6) is 0 Å². The summed E-state index contributed by atoms with van der Waals surface area (Å²) in [6.45, 7) is 2.22. The molecule has 0 fully saturated rings. The lowest BCUT2D eigenvalue weighted by Gasteiger charge is -2.13. The molecule has 0 saturated heterocycles. The van der Waals surface area contributed by atoms with Crippen LogP contribution in [0, 0.1) is 0 Å². The Morgan fingerprint density at radius 2 is 2.00 bits per heavy atom. The lowest BCUT2D eigenvalue weighted by molar-refractivity contribution is 0.0642. The number of hydrogen-bond donors (Lipinski definition) is 1. The maximum Gasteiger partial charge on any atom is 0.263 e. The topological polar surface area (TPSA) is 81.2 Å². The van der Waals surface area contributed by atoms with Crippen LogP contribution in [0.4, 0.5) is 5.69 Å². The van der Waals surface area contributed by atoms with Gasteiger partial charge in [-0.05, 0) is 18.6 Å². The largest absolute Gasteiger partial charge is 0.398 e. The SMILES string of the molecule is CCc1nn(C)cc1CN1C(=O)c2cccc(N)c2C1=O. The van der Waals surface area contributed by atoms with E-state index in [9.17, 15) is 9.59 Å². The van der Waals surface area contributed by atoms with Crippen molar-refractivity contribution in [3.63, 3.8) is 0 Å². The number of rotatable bonds is 3. The smallest absolute Gasteiger partial charge is 0.263 e. The standard InChI is InChI=1S/C15H16N4O2/c1-3-12-9(7-18(2)17-12)8-19-14(20)10-5-4-6-11(16)13(10)15(19)21/h4-7H,3,8,16H2,1-2H3. The van der Waals surface area contributed by atoms with Gasteiger partial charge in [-0.2, -0.15) is 5.10 Å². The Balaban J connectivity index is 1.97. The van der Waals surface area contributed by atoms with Crippen LogP contribution in [0.2, 0.25) is 0 Å². The Bertz CT molecular complexity index is 748. The maximum atomic E-state index is 12.4. The molecule has 0 unspecified atom stereocenters. The van der Waals surface area contributed by atoms with E-state index < -0.39 is 0 Å². The second-order valence-electron chi connectivity index (χ2n) is 5.09. The van der Waals surface area contributed by atoms with E-state index in [1.165, 1.54) is 4.90 Å². The summed E-state index contributed by atoms with van der Waals surface area (Å²) in [6, 6.07) is 4.95. The van der Waals surface area contributed by atoms with E-state index in [2.05, 4.69) is 5.10 Å². The van der Waals surface area contributed by atoms with Gasteiger partial charge in [0.25, 0.3) is 11.8 Å². The number of amides is 2. The number of carbonyl (C=O) groups is 2. The van der Waals surface area contributed by atoms with E-state index in [1.54, 1.807) is 22.9 Å². The number of nitrogens with two attached hydrogens (primary N) is 1. The summed E-state index contributed by atoms with van der Waals surface area (Å²) in [7, 11) is 1.82. The Labute approximate surface area is 122 Å². The molecule has 2 aromatic rings. The molecule has 21 heavy (non-hydrogen) atoms. The zero-order chi connectivity index (χ0) is 15.1. The first-order chi connectivity index (χ1) is 10.0. The number of carbonyl (C=O) groups excluding carboxylic acids is 2. The number of imide groups is 1. The summed E-state index contributed by atoms with van der Waals surface area (Å²) >= 11 is 0. The molecular weight excluding hydrogens is 268 g/mol. The molecule has 108 valence electrons. The zero-order valence-corrected chi connectivity index (χ0v) is 12.0. The van der Waals surface area contributed by atoms with Gasteiger partial charge in [-0.1, -0.05) is 13.0 Å². The maximum absolute atomic E-state index is 12.4. The number of aryl methyl sites for hydroxylation is 2. The van der Waals surface area contributed by atoms with E-state index in [-0.39, 0.29) is 18.4 Å². The van der Waals surface area contributed by atoms with Gasteiger partial charge in [0.1, 0.15) is 0 Å². The summed E-state index contributed by atoms with van der Waals surface area (Å²) in [6.07, 6.45) is 2.59. The number of nitrogen functional groups attached to an aromatic ring is 1. The highest BCUT2D eigenvalue weighted by molar-refractivity contribution is 6.23. The lowest BCUT2D eigenvalue weighted by atomic mass is 10.1. The molecule has 1 aromatic carbocycles. The zero-order valence-electron chi connectivity index (χ0n) is 12.0. The molecule has 0 bridgehead atoms. The highest BCUT2D eigenvalue weighted by atomic mass is 16.2. The number of aromatic nitrogens is 2. The molecule has 2 N–H and O–H groups in total. The second kappa shape index (κ2) is 4.73. The van der Waals surface area contributed by atoms with Gasteiger partial charge in [-0.25, -0.2) is 0 Å². The Hall–Kier alpha value is -2.63. The van der Waals surface area contributed by atoms with Gasteiger partial charge in [-0.15, -0.1) is 0 Å². The molecular formula is C15H16N4O2. The lowest BCUT2D eigenvalue weighted by Crippen LogP contribution is -2.29. The quantitative estimate of drug-likeness (QED) is 0.681. The van der Waals surface area contributed by atoms with E-state index in [1.807, 2.05) is 20.2 Å². The van der Waals surface area contributed by atoms with Crippen molar-refractivity contribution >= 4 is 17.5 Å². The first-order valence-electron chi connectivity index (χ1n) is 6.79. The van der Waals surface area contributed by atoms with Gasteiger partial charge < -0.3 is 5.73 Å². The van der Waals surface area contributed by atoms with Crippen LogP contribution in [0.3, 0.4) is 0 Å². The molecule has 1 aromatic heterocycles.